The molecule has 0 bridgehead atoms. The van der Waals surface area contributed by atoms with Gasteiger partial charge in [0.15, 0.2) is 12.2 Å². The molecular formula is C71H138O17P2. The maximum absolute atomic E-state index is 13.0. The van der Waals surface area contributed by atoms with Crippen LogP contribution in [0.5, 0.6) is 0 Å². The zero-order valence-corrected chi connectivity index (χ0v) is 60.1. The summed E-state index contributed by atoms with van der Waals surface area (Å²) in [4.78, 5) is 72.4. The van der Waals surface area contributed by atoms with Crippen molar-refractivity contribution in [2.45, 2.75) is 387 Å². The molecule has 3 N–H and O–H groups in total. The molecule has 0 saturated heterocycles. The predicted molar refractivity (Wildman–Crippen MR) is 363 cm³/mol. The van der Waals surface area contributed by atoms with Crippen molar-refractivity contribution in [1.82, 2.24) is 0 Å². The number of aliphatic hydroxyl groups excluding tert-OH is 1. The van der Waals surface area contributed by atoms with Crippen LogP contribution in [0.15, 0.2) is 0 Å². The molecule has 0 saturated carbocycles. The summed E-state index contributed by atoms with van der Waals surface area (Å²) in [7, 11) is -9.89. The van der Waals surface area contributed by atoms with E-state index in [1.165, 1.54) is 180 Å². The van der Waals surface area contributed by atoms with Gasteiger partial charge in [-0.15, -0.1) is 0 Å². The van der Waals surface area contributed by atoms with E-state index in [4.69, 9.17) is 37.0 Å². The summed E-state index contributed by atoms with van der Waals surface area (Å²) in [6.45, 7) is 7.25. The Kier molecular flexibility index (Phi) is 63.0. The van der Waals surface area contributed by atoms with E-state index in [1.807, 2.05) is 0 Å². The lowest BCUT2D eigenvalue weighted by molar-refractivity contribution is -0.161. The van der Waals surface area contributed by atoms with E-state index in [0.29, 0.717) is 25.7 Å². The summed E-state index contributed by atoms with van der Waals surface area (Å²) < 4.78 is 68.2. The van der Waals surface area contributed by atoms with Crippen LogP contribution in [-0.2, 0) is 65.4 Å². The third-order valence-corrected chi connectivity index (χ3v) is 18.4. The molecule has 534 valence electrons. The number of unbranched alkanes of at least 4 members (excludes halogenated alkanes) is 43. The predicted octanol–water partition coefficient (Wildman–Crippen LogP) is 20.5. The highest BCUT2D eigenvalue weighted by molar-refractivity contribution is 7.47. The number of phosphoric acid groups is 2. The summed E-state index contributed by atoms with van der Waals surface area (Å²) >= 11 is 0. The minimum atomic E-state index is -4.95. The van der Waals surface area contributed by atoms with Crippen molar-refractivity contribution >= 4 is 39.5 Å². The van der Waals surface area contributed by atoms with E-state index in [0.717, 1.165) is 109 Å². The number of esters is 4. The van der Waals surface area contributed by atoms with E-state index in [-0.39, 0.29) is 25.7 Å². The van der Waals surface area contributed by atoms with Crippen molar-refractivity contribution in [2.75, 3.05) is 39.6 Å². The molecule has 0 radical (unpaired) electrons. The fraction of sp³-hybridized carbons (Fsp3) is 0.944. The lowest BCUT2D eigenvalue weighted by Gasteiger charge is -2.21. The molecule has 2 unspecified atom stereocenters. The van der Waals surface area contributed by atoms with Crippen LogP contribution in [0.2, 0.25) is 0 Å². The van der Waals surface area contributed by atoms with Gasteiger partial charge < -0.3 is 33.8 Å². The number of hydrogen-bond donors (Lipinski definition) is 3. The molecule has 0 aromatic carbocycles. The zero-order chi connectivity index (χ0) is 66.3. The number of hydrogen-bond acceptors (Lipinski definition) is 15. The highest BCUT2D eigenvalue weighted by Crippen LogP contribution is 2.45. The molecule has 0 aliphatic rings. The van der Waals surface area contributed by atoms with Gasteiger partial charge in [0.2, 0.25) is 0 Å². The molecule has 0 amide bonds. The van der Waals surface area contributed by atoms with Gasteiger partial charge in [0.05, 0.1) is 26.4 Å². The number of ether oxygens (including phenoxy) is 4. The lowest BCUT2D eigenvalue weighted by atomic mass is 10.0. The van der Waals surface area contributed by atoms with Crippen LogP contribution in [0.1, 0.15) is 369 Å². The van der Waals surface area contributed by atoms with Gasteiger partial charge in [0.25, 0.3) is 0 Å². The minimum absolute atomic E-state index is 0.107. The summed E-state index contributed by atoms with van der Waals surface area (Å²) in [5.41, 5.74) is 0. The Morgan fingerprint density at radius 2 is 0.511 bits per heavy atom. The average Bonchev–Trinajstić information content (AvgIpc) is 3.38. The number of aliphatic hydroxyl groups is 1. The Morgan fingerprint density at radius 1 is 0.300 bits per heavy atom. The standard InChI is InChI=1S/C71H138O17P2/c1-6-9-12-15-18-20-22-27-32-35-40-45-50-55-69(74)82-61-67(88-71(76)57-52-47-42-37-33-29-26-24-25-28-30-34-39-43-48-53-64(4)5)63-86-90(79,80)84-59-65(72)58-83-89(77,78)85-62-66(60-81-68(73)54-49-44-38-17-14-11-8-3)87-70(75)56-51-46-41-36-31-23-21-19-16-13-10-7-2/h64-67,72H,6-63H2,1-5H3,(H,77,78)(H,79,80)/t65-,66+,67+/m0/s1. The average molecular weight is 1330 g/mol. The summed E-state index contributed by atoms with van der Waals surface area (Å²) in [6.07, 6.45) is 51.3. The van der Waals surface area contributed by atoms with Crippen LogP contribution >= 0.6 is 15.6 Å². The second-order valence-corrected chi connectivity index (χ2v) is 29.0. The van der Waals surface area contributed by atoms with Crippen LogP contribution in [0.3, 0.4) is 0 Å². The highest BCUT2D eigenvalue weighted by Gasteiger charge is 2.30. The van der Waals surface area contributed by atoms with E-state index in [2.05, 4.69) is 34.6 Å². The first-order valence-electron chi connectivity index (χ1n) is 37.1. The molecule has 0 aromatic rings. The second-order valence-electron chi connectivity index (χ2n) is 26.1. The second kappa shape index (κ2) is 64.4. The topological polar surface area (TPSA) is 237 Å². The molecule has 0 aromatic heterocycles. The van der Waals surface area contributed by atoms with Crippen LogP contribution in [0.4, 0.5) is 0 Å². The monoisotopic (exact) mass is 1320 g/mol. The first-order chi connectivity index (χ1) is 43.5. The summed E-state index contributed by atoms with van der Waals surface area (Å²) in [6, 6.07) is 0. The molecule has 5 atom stereocenters. The fourth-order valence-electron chi connectivity index (χ4n) is 10.8. The van der Waals surface area contributed by atoms with Crippen molar-refractivity contribution in [3.05, 3.63) is 0 Å². The minimum Gasteiger partial charge on any atom is -0.462 e. The molecule has 0 aliphatic heterocycles. The Morgan fingerprint density at radius 3 is 0.756 bits per heavy atom. The van der Waals surface area contributed by atoms with E-state index in [1.54, 1.807) is 0 Å². The van der Waals surface area contributed by atoms with Crippen LogP contribution < -0.4 is 0 Å². The first kappa shape index (κ1) is 88.1. The quantitative estimate of drug-likeness (QED) is 0.0222. The molecular weight excluding hydrogens is 1190 g/mol. The van der Waals surface area contributed by atoms with E-state index in [9.17, 15) is 43.2 Å². The maximum atomic E-state index is 13.0. The van der Waals surface area contributed by atoms with Crippen molar-refractivity contribution < 1.29 is 80.2 Å². The van der Waals surface area contributed by atoms with Crippen LogP contribution in [0, 0.1) is 5.92 Å². The smallest absolute Gasteiger partial charge is 0.462 e. The van der Waals surface area contributed by atoms with Gasteiger partial charge in [0, 0.05) is 25.7 Å². The highest BCUT2D eigenvalue weighted by atomic mass is 31.2. The van der Waals surface area contributed by atoms with Gasteiger partial charge in [-0.1, -0.05) is 317 Å². The molecule has 0 rings (SSSR count). The first-order valence-corrected chi connectivity index (χ1v) is 40.1. The third kappa shape index (κ3) is 64.8. The fourth-order valence-corrected chi connectivity index (χ4v) is 12.4. The molecule has 0 aliphatic carbocycles. The van der Waals surface area contributed by atoms with Gasteiger partial charge in [0.1, 0.15) is 19.3 Å². The lowest BCUT2D eigenvalue weighted by Crippen LogP contribution is -2.30. The number of phosphoric ester groups is 2. The summed E-state index contributed by atoms with van der Waals surface area (Å²) in [5, 5.41) is 10.6. The molecule has 90 heavy (non-hydrogen) atoms. The van der Waals surface area contributed by atoms with Crippen molar-refractivity contribution in [1.29, 1.82) is 0 Å². The number of rotatable bonds is 71. The van der Waals surface area contributed by atoms with Gasteiger partial charge in [-0.3, -0.25) is 37.3 Å². The van der Waals surface area contributed by atoms with Crippen LogP contribution in [-0.4, -0.2) is 96.7 Å². The molecule has 17 nitrogen and oxygen atoms in total. The molecule has 19 heteroatoms. The zero-order valence-electron chi connectivity index (χ0n) is 58.3. The van der Waals surface area contributed by atoms with E-state index >= 15 is 0 Å². The Bertz CT molecular complexity index is 1740. The van der Waals surface area contributed by atoms with Crippen LogP contribution in [0.25, 0.3) is 0 Å². The van der Waals surface area contributed by atoms with Gasteiger partial charge >= 0.3 is 39.5 Å². The molecule has 0 heterocycles. The number of carbonyl (C=O) groups excluding carboxylic acids is 4. The number of carbonyl (C=O) groups is 4. The third-order valence-electron chi connectivity index (χ3n) is 16.5. The molecule has 0 spiro atoms. The SMILES string of the molecule is CCCCCCCCCCCCCCCC(=O)OC[C@H](COP(=O)(O)OC[C@@H](O)COP(=O)(O)OC[C@@H](COC(=O)CCCCCCCCC)OC(=O)CCCCCCCCCCCCCC)OC(=O)CCCCCCCCCCCCCCCCCC(C)C. The maximum Gasteiger partial charge on any atom is 0.472 e. The normalized spacial score (nSPS) is 14.1. The van der Waals surface area contributed by atoms with Crippen molar-refractivity contribution in [2.24, 2.45) is 5.92 Å². The Labute approximate surface area is 549 Å². The summed E-state index contributed by atoms with van der Waals surface area (Å²) in [5.74, 6) is -1.32. The molecule has 0 fully saturated rings. The van der Waals surface area contributed by atoms with Crippen molar-refractivity contribution in [3.8, 4) is 0 Å². The Balaban J connectivity index is 5.19. The largest absolute Gasteiger partial charge is 0.472 e. The Hall–Kier alpha value is -1.94. The van der Waals surface area contributed by atoms with Gasteiger partial charge in [-0.05, 0) is 31.6 Å². The van der Waals surface area contributed by atoms with Crippen molar-refractivity contribution in [3.63, 3.8) is 0 Å². The van der Waals surface area contributed by atoms with E-state index < -0.39 is 97.5 Å². The van der Waals surface area contributed by atoms with Gasteiger partial charge in [-0.25, -0.2) is 9.13 Å². The van der Waals surface area contributed by atoms with Gasteiger partial charge in [-0.2, -0.15) is 0 Å².